The third kappa shape index (κ3) is 3.67. The van der Waals surface area contributed by atoms with Gasteiger partial charge in [0.05, 0.1) is 43.0 Å². The summed E-state index contributed by atoms with van der Waals surface area (Å²) < 4.78 is 10.6. The van der Waals surface area contributed by atoms with Gasteiger partial charge in [0, 0.05) is 6.07 Å². The molecule has 1 aliphatic carbocycles. The van der Waals surface area contributed by atoms with Crippen molar-refractivity contribution in [1.29, 1.82) is 0 Å². The number of hydrogen-bond acceptors (Lipinski definition) is 5. The van der Waals surface area contributed by atoms with E-state index in [4.69, 9.17) is 9.47 Å². The van der Waals surface area contributed by atoms with E-state index in [1.54, 1.807) is 42.5 Å². The standard InChI is InChI=1S/C24H24N2O5/c1-14-8-10-16-18(12-14)24(29)26(23(16)28)20-7-5-4-6-17(20)22(27)25-19-13-15(30-2)9-11-21(19)31-3/h4-9,11,13,16,18H,10,12H2,1-3H3,(H,25,27)/t16-,18-/m0/s1. The summed E-state index contributed by atoms with van der Waals surface area (Å²) in [4.78, 5) is 40.6. The molecule has 1 fully saturated rings. The third-order valence-electron chi connectivity index (χ3n) is 5.87. The minimum Gasteiger partial charge on any atom is -0.497 e. The molecule has 160 valence electrons. The average Bonchev–Trinajstić information content (AvgIpc) is 3.02. The van der Waals surface area contributed by atoms with E-state index in [0.29, 0.717) is 35.7 Å². The average molecular weight is 420 g/mol. The van der Waals surface area contributed by atoms with Crippen molar-refractivity contribution >= 4 is 29.1 Å². The van der Waals surface area contributed by atoms with Crippen LogP contribution in [0.1, 0.15) is 30.1 Å². The Morgan fingerprint density at radius 3 is 2.52 bits per heavy atom. The molecule has 0 spiro atoms. The second-order valence-electron chi connectivity index (χ2n) is 7.75. The van der Waals surface area contributed by atoms with Gasteiger partial charge in [0.25, 0.3) is 5.91 Å². The second kappa shape index (κ2) is 8.26. The van der Waals surface area contributed by atoms with Gasteiger partial charge in [0.1, 0.15) is 11.5 Å². The summed E-state index contributed by atoms with van der Waals surface area (Å²) >= 11 is 0. The molecule has 7 heteroatoms. The van der Waals surface area contributed by atoms with Crippen LogP contribution in [-0.4, -0.2) is 31.9 Å². The molecule has 1 saturated heterocycles. The summed E-state index contributed by atoms with van der Waals surface area (Å²) in [5.41, 5.74) is 2.07. The van der Waals surface area contributed by atoms with E-state index < -0.39 is 5.91 Å². The quantitative estimate of drug-likeness (QED) is 0.587. The maximum absolute atomic E-state index is 13.2. The van der Waals surface area contributed by atoms with Gasteiger partial charge in [0.2, 0.25) is 11.8 Å². The molecule has 2 aliphatic rings. The molecule has 0 saturated carbocycles. The highest BCUT2D eigenvalue weighted by molar-refractivity contribution is 6.25. The summed E-state index contributed by atoms with van der Waals surface area (Å²) in [7, 11) is 3.04. The molecule has 31 heavy (non-hydrogen) atoms. The monoisotopic (exact) mass is 420 g/mol. The zero-order valence-corrected chi connectivity index (χ0v) is 17.7. The Morgan fingerprint density at radius 1 is 1.03 bits per heavy atom. The zero-order valence-electron chi connectivity index (χ0n) is 17.7. The van der Waals surface area contributed by atoms with Crippen LogP contribution in [0.4, 0.5) is 11.4 Å². The van der Waals surface area contributed by atoms with Crippen LogP contribution < -0.4 is 19.7 Å². The Labute approximate surface area is 180 Å². The molecule has 4 rings (SSSR count). The Morgan fingerprint density at radius 2 is 1.77 bits per heavy atom. The first kappa shape index (κ1) is 20.7. The summed E-state index contributed by atoms with van der Waals surface area (Å²) in [5.74, 6) is -0.668. The Balaban J connectivity index is 1.66. The molecule has 3 amide bonds. The van der Waals surface area contributed by atoms with Crippen molar-refractivity contribution in [2.75, 3.05) is 24.4 Å². The number of imide groups is 1. The summed E-state index contributed by atoms with van der Waals surface area (Å²) in [6.45, 7) is 1.97. The number of allylic oxidation sites excluding steroid dienone is 2. The van der Waals surface area contributed by atoms with Crippen LogP contribution in [0.15, 0.2) is 54.1 Å². The van der Waals surface area contributed by atoms with Crippen LogP contribution in [0.3, 0.4) is 0 Å². The number of hydrogen-bond donors (Lipinski definition) is 1. The number of carbonyl (C=O) groups excluding carboxylic acids is 3. The molecule has 2 aromatic carbocycles. The lowest BCUT2D eigenvalue weighted by molar-refractivity contribution is -0.122. The SMILES string of the molecule is COc1ccc(OC)c(NC(=O)c2ccccc2N2C(=O)[C@H]3CC=C(C)C[C@@H]3C2=O)c1. The van der Waals surface area contributed by atoms with Crippen molar-refractivity contribution in [2.45, 2.75) is 19.8 Å². The molecule has 7 nitrogen and oxygen atoms in total. The molecule has 1 heterocycles. The Bertz CT molecular complexity index is 1090. The highest BCUT2D eigenvalue weighted by Crippen LogP contribution is 2.41. The van der Waals surface area contributed by atoms with E-state index in [0.717, 1.165) is 5.57 Å². The number of rotatable bonds is 5. The lowest BCUT2D eigenvalue weighted by atomic mass is 9.82. The lowest BCUT2D eigenvalue weighted by Gasteiger charge is -2.19. The van der Waals surface area contributed by atoms with E-state index >= 15 is 0 Å². The summed E-state index contributed by atoms with van der Waals surface area (Å²) in [5, 5.41) is 2.81. The van der Waals surface area contributed by atoms with Crippen molar-refractivity contribution in [2.24, 2.45) is 11.8 Å². The second-order valence-corrected chi connectivity index (χ2v) is 7.75. The van der Waals surface area contributed by atoms with Crippen LogP contribution >= 0.6 is 0 Å². The molecular formula is C24H24N2O5. The maximum atomic E-state index is 13.2. The molecule has 0 bridgehead atoms. The van der Waals surface area contributed by atoms with Gasteiger partial charge in [-0.05, 0) is 44.0 Å². The fraction of sp³-hybridized carbons (Fsp3) is 0.292. The first-order valence-electron chi connectivity index (χ1n) is 10.1. The van der Waals surface area contributed by atoms with Gasteiger partial charge in [0.15, 0.2) is 0 Å². The van der Waals surface area contributed by atoms with E-state index in [1.165, 1.54) is 19.1 Å². The fourth-order valence-electron chi connectivity index (χ4n) is 4.24. The van der Waals surface area contributed by atoms with Crippen LogP contribution in [0.2, 0.25) is 0 Å². The van der Waals surface area contributed by atoms with Crippen molar-refractivity contribution in [3.63, 3.8) is 0 Å². The van der Waals surface area contributed by atoms with Crippen molar-refractivity contribution in [3.8, 4) is 11.5 Å². The van der Waals surface area contributed by atoms with E-state index in [1.807, 2.05) is 13.0 Å². The van der Waals surface area contributed by atoms with Crippen molar-refractivity contribution in [3.05, 3.63) is 59.7 Å². The number of fused-ring (bicyclic) bond motifs is 1. The van der Waals surface area contributed by atoms with E-state index in [-0.39, 0.29) is 29.2 Å². The first-order chi connectivity index (χ1) is 14.9. The van der Waals surface area contributed by atoms with Crippen molar-refractivity contribution < 1.29 is 23.9 Å². The highest BCUT2D eigenvalue weighted by Gasteiger charge is 2.49. The normalized spacial score (nSPS) is 20.2. The van der Waals surface area contributed by atoms with Crippen LogP contribution in [0.5, 0.6) is 11.5 Å². The predicted octanol–water partition coefficient (Wildman–Crippen LogP) is 3.80. The molecule has 0 radical (unpaired) electrons. The van der Waals surface area contributed by atoms with Crippen LogP contribution in [0.25, 0.3) is 0 Å². The summed E-state index contributed by atoms with van der Waals surface area (Å²) in [6, 6.07) is 11.7. The molecular weight excluding hydrogens is 396 g/mol. The number of ether oxygens (including phenoxy) is 2. The number of nitrogens with one attached hydrogen (secondary N) is 1. The van der Waals surface area contributed by atoms with E-state index in [2.05, 4.69) is 5.32 Å². The molecule has 0 aromatic heterocycles. The smallest absolute Gasteiger partial charge is 0.257 e. The van der Waals surface area contributed by atoms with Crippen LogP contribution in [-0.2, 0) is 9.59 Å². The van der Waals surface area contributed by atoms with Gasteiger partial charge in [-0.1, -0.05) is 23.8 Å². The number of nitrogens with zero attached hydrogens (tertiary/aromatic N) is 1. The molecule has 2 atom stereocenters. The first-order valence-corrected chi connectivity index (χ1v) is 10.1. The molecule has 1 aliphatic heterocycles. The zero-order chi connectivity index (χ0) is 22.1. The Kier molecular flexibility index (Phi) is 5.50. The molecule has 1 N–H and O–H groups in total. The fourth-order valence-corrected chi connectivity index (χ4v) is 4.24. The van der Waals surface area contributed by atoms with Gasteiger partial charge >= 0.3 is 0 Å². The predicted molar refractivity (Wildman–Crippen MR) is 116 cm³/mol. The van der Waals surface area contributed by atoms with Crippen molar-refractivity contribution in [1.82, 2.24) is 0 Å². The van der Waals surface area contributed by atoms with Gasteiger partial charge in [-0.15, -0.1) is 0 Å². The number of anilines is 2. The summed E-state index contributed by atoms with van der Waals surface area (Å²) in [6.07, 6.45) is 3.14. The number of carbonyl (C=O) groups is 3. The molecule has 2 aromatic rings. The number of amides is 3. The number of benzene rings is 2. The number of para-hydroxylation sites is 1. The van der Waals surface area contributed by atoms with Gasteiger partial charge in [-0.3, -0.25) is 14.4 Å². The maximum Gasteiger partial charge on any atom is 0.257 e. The van der Waals surface area contributed by atoms with Gasteiger partial charge in [-0.2, -0.15) is 0 Å². The van der Waals surface area contributed by atoms with Gasteiger partial charge < -0.3 is 14.8 Å². The Hall–Kier alpha value is -3.61. The molecule has 0 unspecified atom stereocenters. The highest BCUT2D eigenvalue weighted by atomic mass is 16.5. The third-order valence-corrected chi connectivity index (χ3v) is 5.87. The minimum atomic E-state index is -0.452. The largest absolute Gasteiger partial charge is 0.497 e. The van der Waals surface area contributed by atoms with E-state index in [9.17, 15) is 14.4 Å². The topological polar surface area (TPSA) is 84.9 Å². The lowest BCUT2D eigenvalue weighted by Crippen LogP contribution is -2.33. The van der Waals surface area contributed by atoms with Crippen LogP contribution in [0, 0.1) is 11.8 Å². The minimum absolute atomic E-state index is 0.234. The number of methoxy groups -OCH3 is 2. The van der Waals surface area contributed by atoms with Gasteiger partial charge in [-0.25, -0.2) is 4.90 Å².